The van der Waals surface area contributed by atoms with Crippen molar-refractivity contribution in [2.45, 2.75) is 46.5 Å². The summed E-state index contributed by atoms with van der Waals surface area (Å²) >= 11 is 0. The van der Waals surface area contributed by atoms with Crippen LogP contribution < -0.4 is 4.74 Å². The highest BCUT2D eigenvalue weighted by Gasteiger charge is 2.15. The molecular weight excluding hydrogens is 340 g/mol. The summed E-state index contributed by atoms with van der Waals surface area (Å²) < 4.78 is 11.3. The molecule has 0 aliphatic rings. The highest BCUT2D eigenvalue weighted by atomic mass is 16.5. The van der Waals surface area contributed by atoms with Crippen LogP contribution in [-0.2, 0) is 4.74 Å². The number of hydrogen-bond acceptors (Lipinski definition) is 5. The van der Waals surface area contributed by atoms with Gasteiger partial charge in [-0.3, -0.25) is 0 Å². The van der Waals surface area contributed by atoms with Gasteiger partial charge in [0.1, 0.15) is 6.61 Å². The lowest BCUT2D eigenvalue weighted by Gasteiger charge is -2.17. The smallest absolute Gasteiger partial charge is 0.339 e. The predicted molar refractivity (Wildman–Crippen MR) is 109 cm³/mol. The molecule has 0 unspecified atom stereocenters. The summed E-state index contributed by atoms with van der Waals surface area (Å²) in [5.41, 5.74) is 1.27. The standard InChI is InChI=1S/C22H32N2O3/c1-4-7-8-11-15-26-21-17-19(18-12-9-10-13-20(18)23-21)22(25)27-16-14-24(5-2)6-3/h9-10,12-13,17H,4-8,11,14-16H2,1-3H3. The number of carbonyl (C=O) groups excluding carboxylic acids is 1. The number of pyridine rings is 1. The maximum atomic E-state index is 12.7. The lowest BCUT2D eigenvalue weighted by Crippen LogP contribution is -2.28. The van der Waals surface area contributed by atoms with Crippen LogP contribution in [0.25, 0.3) is 10.9 Å². The molecule has 27 heavy (non-hydrogen) atoms. The largest absolute Gasteiger partial charge is 0.478 e. The quantitative estimate of drug-likeness (QED) is 0.399. The van der Waals surface area contributed by atoms with E-state index in [1.807, 2.05) is 24.3 Å². The third-order valence-corrected chi connectivity index (χ3v) is 4.70. The van der Waals surface area contributed by atoms with E-state index in [1.54, 1.807) is 6.07 Å². The summed E-state index contributed by atoms with van der Waals surface area (Å²) in [5.74, 6) is 0.164. The van der Waals surface area contributed by atoms with E-state index < -0.39 is 0 Å². The van der Waals surface area contributed by atoms with Crippen molar-refractivity contribution in [1.82, 2.24) is 9.88 Å². The third-order valence-electron chi connectivity index (χ3n) is 4.70. The van der Waals surface area contributed by atoms with Crippen molar-refractivity contribution in [3.63, 3.8) is 0 Å². The average molecular weight is 373 g/mol. The van der Waals surface area contributed by atoms with Gasteiger partial charge in [-0.25, -0.2) is 9.78 Å². The Morgan fingerprint density at radius 2 is 1.81 bits per heavy atom. The number of benzene rings is 1. The van der Waals surface area contributed by atoms with E-state index in [0.29, 0.717) is 24.7 Å². The van der Waals surface area contributed by atoms with Crippen LogP contribution in [0.4, 0.5) is 0 Å². The number of ether oxygens (including phenoxy) is 2. The van der Waals surface area contributed by atoms with E-state index in [9.17, 15) is 4.79 Å². The molecule has 0 aliphatic carbocycles. The molecule has 0 saturated carbocycles. The van der Waals surface area contributed by atoms with Crippen molar-refractivity contribution in [2.75, 3.05) is 32.8 Å². The van der Waals surface area contributed by atoms with Crippen LogP contribution in [-0.4, -0.2) is 48.7 Å². The molecular formula is C22H32N2O3. The summed E-state index contributed by atoms with van der Waals surface area (Å²) in [6, 6.07) is 9.32. The first-order valence-electron chi connectivity index (χ1n) is 10.1. The first-order valence-corrected chi connectivity index (χ1v) is 10.1. The maximum absolute atomic E-state index is 12.7. The van der Waals surface area contributed by atoms with E-state index in [0.717, 1.165) is 43.4 Å². The molecule has 1 aromatic heterocycles. The van der Waals surface area contributed by atoms with E-state index in [1.165, 1.54) is 12.8 Å². The number of unbranched alkanes of at least 4 members (excludes halogenated alkanes) is 3. The van der Waals surface area contributed by atoms with Gasteiger partial charge in [-0.1, -0.05) is 58.2 Å². The lowest BCUT2D eigenvalue weighted by atomic mass is 10.1. The Balaban J connectivity index is 2.07. The zero-order chi connectivity index (χ0) is 19.5. The van der Waals surface area contributed by atoms with Crippen molar-refractivity contribution < 1.29 is 14.3 Å². The van der Waals surface area contributed by atoms with Crippen molar-refractivity contribution in [3.05, 3.63) is 35.9 Å². The Morgan fingerprint density at radius 1 is 1.04 bits per heavy atom. The number of para-hydroxylation sites is 1. The Bertz CT molecular complexity index is 714. The molecule has 2 rings (SSSR count). The van der Waals surface area contributed by atoms with Crippen LogP contribution in [0.3, 0.4) is 0 Å². The van der Waals surface area contributed by atoms with E-state index >= 15 is 0 Å². The zero-order valence-electron chi connectivity index (χ0n) is 16.9. The van der Waals surface area contributed by atoms with Gasteiger partial charge < -0.3 is 14.4 Å². The van der Waals surface area contributed by atoms with Crippen molar-refractivity contribution in [1.29, 1.82) is 0 Å². The van der Waals surface area contributed by atoms with Crippen LogP contribution in [0, 0.1) is 0 Å². The van der Waals surface area contributed by atoms with Crippen LogP contribution in [0.15, 0.2) is 30.3 Å². The van der Waals surface area contributed by atoms with Crippen molar-refractivity contribution >= 4 is 16.9 Å². The Hall–Kier alpha value is -2.14. The van der Waals surface area contributed by atoms with Gasteiger partial charge in [-0.15, -0.1) is 0 Å². The van der Waals surface area contributed by atoms with Crippen LogP contribution in [0.5, 0.6) is 5.88 Å². The van der Waals surface area contributed by atoms with Crippen LogP contribution >= 0.6 is 0 Å². The lowest BCUT2D eigenvalue weighted by molar-refractivity contribution is 0.0468. The minimum atomic E-state index is -0.323. The maximum Gasteiger partial charge on any atom is 0.339 e. The number of fused-ring (bicyclic) bond motifs is 1. The fraction of sp³-hybridized carbons (Fsp3) is 0.545. The first-order chi connectivity index (χ1) is 13.2. The van der Waals surface area contributed by atoms with E-state index in [-0.39, 0.29) is 5.97 Å². The molecule has 5 nitrogen and oxygen atoms in total. The zero-order valence-corrected chi connectivity index (χ0v) is 16.9. The van der Waals surface area contributed by atoms with Gasteiger partial charge in [-0.05, 0) is 25.6 Å². The normalized spacial score (nSPS) is 11.1. The Labute approximate surface area is 162 Å². The number of aromatic nitrogens is 1. The van der Waals surface area contributed by atoms with Gasteiger partial charge in [-0.2, -0.15) is 0 Å². The molecule has 148 valence electrons. The van der Waals surface area contributed by atoms with Gasteiger partial charge in [0.25, 0.3) is 0 Å². The van der Waals surface area contributed by atoms with Crippen molar-refractivity contribution in [2.24, 2.45) is 0 Å². The molecule has 0 spiro atoms. The van der Waals surface area contributed by atoms with Crippen LogP contribution in [0.2, 0.25) is 0 Å². The number of esters is 1. The fourth-order valence-electron chi connectivity index (χ4n) is 2.98. The molecule has 1 aromatic carbocycles. The molecule has 0 fully saturated rings. The van der Waals surface area contributed by atoms with Gasteiger partial charge in [0.15, 0.2) is 0 Å². The Kier molecular flexibility index (Phi) is 9.05. The second kappa shape index (κ2) is 11.5. The monoisotopic (exact) mass is 372 g/mol. The average Bonchev–Trinajstić information content (AvgIpc) is 2.70. The number of nitrogens with zero attached hydrogens (tertiary/aromatic N) is 2. The number of hydrogen-bond donors (Lipinski definition) is 0. The van der Waals surface area contributed by atoms with Crippen molar-refractivity contribution in [3.8, 4) is 5.88 Å². The second-order valence-electron chi connectivity index (χ2n) is 6.60. The Morgan fingerprint density at radius 3 is 2.56 bits per heavy atom. The van der Waals surface area contributed by atoms with Crippen LogP contribution in [0.1, 0.15) is 56.8 Å². The molecule has 2 aromatic rings. The summed E-state index contributed by atoms with van der Waals surface area (Å²) in [5, 5.41) is 0.795. The minimum absolute atomic E-state index is 0.323. The molecule has 0 saturated heterocycles. The minimum Gasteiger partial charge on any atom is -0.478 e. The van der Waals surface area contributed by atoms with Gasteiger partial charge in [0.2, 0.25) is 5.88 Å². The number of likely N-dealkylation sites (N-methyl/N-ethyl adjacent to an activating group) is 1. The molecule has 0 bridgehead atoms. The molecule has 0 atom stereocenters. The van der Waals surface area contributed by atoms with Gasteiger partial charge >= 0.3 is 5.97 Å². The summed E-state index contributed by atoms with van der Waals surface area (Å²) in [4.78, 5) is 19.4. The molecule has 0 aliphatic heterocycles. The van der Waals surface area contributed by atoms with E-state index in [2.05, 4.69) is 30.7 Å². The molecule has 0 N–H and O–H groups in total. The third kappa shape index (κ3) is 6.51. The molecule has 1 heterocycles. The topological polar surface area (TPSA) is 51.7 Å². The fourth-order valence-corrected chi connectivity index (χ4v) is 2.98. The molecule has 0 amide bonds. The van der Waals surface area contributed by atoms with Gasteiger partial charge in [0.05, 0.1) is 17.7 Å². The highest BCUT2D eigenvalue weighted by Crippen LogP contribution is 2.23. The number of carbonyl (C=O) groups is 1. The molecule has 5 heteroatoms. The molecule has 0 radical (unpaired) electrons. The first kappa shape index (κ1) is 21.2. The predicted octanol–water partition coefficient (Wildman–Crippen LogP) is 4.69. The summed E-state index contributed by atoms with van der Waals surface area (Å²) in [6.45, 7) is 10.0. The van der Waals surface area contributed by atoms with Gasteiger partial charge in [0, 0.05) is 18.0 Å². The SMILES string of the molecule is CCCCCCOc1cc(C(=O)OCCN(CC)CC)c2ccccc2n1. The number of rotatable bonds is 12. The summed E-state index contributed by atoms with van der Waals surface area (Å²) in [6.07, 6.45) is 4.53. The second-order valence-corrected chi connectivity index (χ2v) is 6.60. The highest BCUT2D eigenvalue weighted by molar-refractivity contribution is 6.03. The van der Waals surface area contributed by atoms with E-state index in [4.69, 9.17) is 9.47 Å². The summed E-state index contributed by atoms with van der Waals surface area (Å²) in [7, 11) is 0.